The highest BCUT2D eigenvalue weighted by molar-refractivity contribution is 7.99. The lowest BCUT2D eigenvalue weighted by atomic mass is 9.54. The minimum Gasteiger partial charge on any atom is -0.255 e. The van der Waals surface area contributed by atoms with E-state index in [-0.39, 0.29) is 5.41 Å². The monoisotopic (exact) mass is 697 g/mol. The molecule has 1 aliphatic heterocycles. The van der Waals surface area contributed by atoms with Crippen molar-refractivity contribution < 1.29 is 0 Å². The first-order valence-corrected chi connectivity index (χ1v) is 18.9. The third-order valence-electron chi connectivity index (χ3n) is 11.1. The van der Waals surface area contributed by atoms with Crippen molar-refractivity contribution in [2.45, 2.75) is 34.5 Å². The predicted octanol–water partition coefficient (Wildman–Crippen LogP) is 12.0. The van der Waals surface area contributed by atoms with E-state index in [4.69, 9.17) is 9.97 Å². The summed E-state index contributed by atoms with van der Waals surface area (Å²) >= 11 is 1.88. The number of nitrogens with zero attached hydrogens (tertiary/aromatic N) is 3. The predicted molar refractivity (Wildman–Crippen MR) is 216 cm³/mol. The first-order chi connectivity index (χ1) is 26.0. The molecule has 3 nitrogen and oxygen atoms in total. The van der Waals surface area contributed by atoms with Crippen LogP contribution in [0.2, 0.25) is 0 Å². The summed E-state index contributed by atoms with van der Waals surface area (Å²) in [5, 5.41) is 0. The van der Waals surface area contributed by atoms with E-state index >= 15 is 0 Å². The van der Waals surface area contributed by atoms with Gasteiger partial charge in [0.15, 0.2) is 5.82 Å². The number of aromatic nitrogens is 3. The van der Waals surface area contributed by atoms with Gasteiger partial charge in [-0.2, -0.15) is 0 Å². The van der Waals surface area contributed by atoms with Gasteiger partial charge in [-0.15, -0.1) is 0 Å². The van der Waals surface area contributed by atoms with Gasteiger partial charge in [-0.3, -0.25) is 4.98 Å². The maximum atomic E-state index is 5.12. The summed E-state index contributed by atoms with van der Waals surface area (Å²) in [5.74, 6) is 0.679. The molecular weight excluding hydrogens is 663 g/mol. The number of hydrogen-bond donors (Lipinski definition) is 0. The molecule has 1 spiro atoms. The molecule has 4 heteroatoms. The summed E-state index contributed by atoms with van der Waals surface area (Å²) in [5.41, 5.74) is 14.3. The Morgan fingerprint density at radius 2 is 0.981 bits per heavy atom. The van der Waals surface area contributed by atoms with Gasteiger partial charge in [0.2, 0.25) is 0 Å². The highest BCUT2D eigenvalue weighted by Gasteiger charge is 2.52. The zero-order valence-electron chi connectivity index (χ0n) is 29.5. The fourth-order valence-electron chi connectivity index (χ4n) is 8.62. The Morgan fingerprint density at radius 1 is 0.396 bits per heavy atom. The smallest absolute Gasteiger partial charge is 0.160 e. The van der Waals surface area contributed by atoms with Crippen LogP contribution in [0.4, 0.5) is 0 Å². The Hall–Kier alpha value is -6.10. The van der Waals surface area contributed by atoms with Crippen LogP contribution in [0.3, 0.4) is 0 Å². The highest BCUT2D eigenvalue weighted by atomic mass is 32.2. The van der Waals surface area contributed by atoms with Gasteiger partial charge < -0.3 is 0 Å². The molecular formula is C49H35N3S. The van der Waals surface area contributed by atoms with Crippen molar-refractivity contribution in [1.29, 1.82) is 0 Å². The van der Waals surface area contributed by atoms with Gasteiger partial charge in [-0.25, -0.2) is 9.97 Å². The van der Waals surface area contributed by atoms with Gasteiger partial charge in [0, 0.05) is 32.5 Å². The Bertz CT molecular complexity index is 2580. The van der Waals surface area contributed by atoms with E-state index in [0.717, 1.165) is 33.8 Å². The molecule has 0 atom stereocenters. The fourth-order valence-corrected chi connectivity index (χ4v) is 9.79. The molecule has 0 saturated heterocycles. The summed E-state index contributed by atoms with van der Waals surface area (Å²) in [6, 6.07) is 61.3. The zero-order chi connectivity index (χ0) is 35.6. The van der Waals surface area contributed by atoms with Crippen LogP contribution in [-0.4, -0.2) is 15.0 Å². The van der Waals surface area contributed by atoms with Gasteiger partial charge in [-0.1, -0.05) is 153 Å². The molecule has 53 heavy (non-hydrogen) atoms. The van der Waals surface area contributed by atoms with E-state index in [0.29, 0.717) is 5.82 Å². The topological polar surface area (TPSA) is 38.7 Å². The SMILES string of the molecule is CC1(C)c2ccccc2C2(c3ccccc3Sc3ccc(-c4cccc(-c5cc(-c6ccccn6)nc(-c6ccccc6)n5)c4)cc32)c2ccccc21. The lowest BCUT2D eigenvalue weighted by Crippen LogP contribution is -2.43. The fraction of sp³-hybridized carbons (Fsp3) is 0.0816. The van der Waals surface area contributed by atoms with Crippen molar-refractivity contribution in [2.24, 2.45) is 0 Å². The quantitative estimate of drug-likeness (QED) is 0.183. The molecule has 10 rings (SSSR count). The maximum absolute atomic E-state index is 5.12. The van der Waals surface area contributed by atoms with Crippen LogP contribution in [0, 0.1) is 0 Å². The Morgan fingerprint density at radius 3 is 1.72 bits per heavy atom. The Balaban J connectivity index is 1.18. The van der Waals surface area contributed by atoms with E-state index < -0.39 is 5.41 Å². The Kier molecular flexibility index (Phi) is 7.31. The molecule has 0 N–H and O–H groups in total. The van der Waals surface area contributed by atoms with Crippen molar-refractivity contribution in [3.05, 3.63) is 209 Å². The van der Waals surface area contributed by atoms with Crippen LogP contribution in [0.5, 0.6) is 0 Å². The number of rotatable bonds is 4. The van der Waals surface area contributed by atoms with Crippen molar-refractivity contribution in [3.8, 4) is 45.2 Å². The third-order valence-corrected chi connectivity index (χ3v) is 12.2. The number of pyridine rings is 1. The molecule has 2 aromatic heterocycles. The summed E-state index contributed by atoms with van der Waals surface area (Å²) in [6.45, 7) is 4.75. The van der Waals surface area contributed by atoms with Crippen molar-refractivity contribution in [2.75, 3.05) is 0 Å². The summed E-state index contributed by atoms with van der Waals surface area (Å²) < 4.78 is 0. The highest BCUT2D eigenvalue weighted by Crippen LogP contribution is 2.61. The van der Waals surface area contributed by atoms with Gasteiger partial charge in [0.05, 0.1) is 22.5 Å². The van der Waals surface area contributed by atoms with Crippen molar-refractivity contribution in [3.63, 3.8) is 0 Å². The molecule has 1 aliphatic carbocycles. The van der Waals surface area contributed by atoms with E-state index in [1.54, 1.807) is 0 Å². The van der Waals surface area contributed by atoms with E-state index in [1.165, 1.54) is 48.7 Å². The molecule has 0 amide bonds. The van der Waals surface area contributed by atoms with Crippen LogP contribution in [-0.2, 0) is 10.8 Å². The van der Waals surface area contributed by atoms with E-state index in [9.17, 15) is 0 Å². The second kappa shape index (κ2) is 12.3. The normalized spacial score (nSPS) is 14.5. The average Bonchev–Trinajstić information content (AvgIpc) is 3.23. The first-order valence-electron chi connectivity index (χ1n) is 18.1. The molecule has 3 heterocycles. The third kappa shape index (κ3) is 4.93. The molecule has 8 aromatic rings. The molecule has 2 aliphatic rings. The molecule has 0 radical (unpaired) electrons. The van der Waals surface area contributed by atoms with Gasteiger partial charge in [0.1, 0.15) is 0 Å². The van der Waals surface area contributed by atoms with Gasteiger partial charge in [0.25, 0.3) is 0 Å². The first kappa shape index (κ1) is 31.6. The second-order valence-electron chi connectivity index (χ2n) is 14.4. The van der Waals surface area contributed by atoms with Gasteiger partial charge in [-0.05, 0) is 87.0 Å². The van der Waals surface area contributed by atoms with Crippen molar-refractivity contribution in [1.82, 2.24) is 15.0 Å². The molecule has 0 fully saturated rings. The maximum Gasteiger partial charge on any atom is 0.160 e. The lowest BCUT2D eigenvalue weighted by molar-refractivity contribution is 0.549. The van der Waals surface area contributed by atoms with Crippen LogP contribution in [0.1, 0.15) is 47.2 Å². The van der Waals surface area contributed by atoms with Gasteiger partial charge >= 0.3 is 0 Å². The van der Waals surface area contributed by atoms with Crippen LogP contribution >= 0.6 is 11.8 Å². The Labute approximate surface area is 314 Å². The number of hydrogen-bond acceptors (Lipinski definition) is 4. The largest absolute Gasteiger partial charge is 0.255 e. The van der Waals surface area contributed by atoms with Crippen LogP contribution < -0.4 is 0 Å². The van der Waals surface area contributed by atoms with Crippen molar-refractivity contribution >= 4 is 11.8 Å². The van der Waals surface area contributed by atoms with E-state index in [1.807, 2.05) is 54.4 Å². The summed E-state index contributed by atoms with van der Waals surface area (Å²) in [7, 11) is 0. The standard InChI is InChI=1S/C49H35N3S/c1-48(2)36-19-6-8-21-38(36)49(39-22-9-7-20-37(39)48)40-23-10-11-25-45(40)53-46-27-26-34(30-41(46)49)33-17-14-18-35(29-33)43-31-44(42-24-12-13-28-50-42)52-47(51-43)32-15-4-3-5-16-32/h3-31H,1-2H3. The second-order valence-corrected chi connectivity index (χ2v) is 15.5. The lowest BCUT2D eigenvalue weighted by Gasteiger charge is -2.50. The molecule has 6 aromatic carbocycles. The molecule has 0 bridgehead atoms. The molecule has 0 unspecified atom stereocenters. The number of fused-ring (bicyclic) bond motifs is 8. The number of benzene rings is 6. The molecule has 0 saturated carbocycles. The minimum absolute atomic E-state index is 0.145. The summed E-state index contributed by atoms with van der Waals surface area (Å²) in [4.78, 5) is 17.3. The summed E-state index contributed by atoms with van der Waals surface area (Å²) in [6.07, 6.45) is 1.81. The van der Waals surface area contributed by atoms with Crippen LogP contribution in [0.25, 0.3) is 45.2 Å². The van der Waals surface area contributed by atoms with E-state index in [2.05, 4.69) is 152 Å². The minimum atomic E-state index is -0.470. The zero-order valence-corrected chi connectivity index (χ0v) is 30.3. The van der Waals surface area contributed by atoms with Crippen LogP contribution in [0.15, 0.2) is 186 Å². The molecule has 252 valence electrons. The average molecular weight is 698 g/mol.